The molecule has 0 radical (unpaired) electrons. The highest BCUT2D eigenvalue weighted by Gasteiger charge is 2.17. The largest absolute Gasteiger partial charge is 0.315 e. The number of rotatable bonds is 8. The summed E-state index contributed by atoms with van der Waals surface area (Å²) in [5, 5.41) is 3.55. The lowest BCUT2D eigenvalue weighted by atomic mass is 9.93. The highest BCUT2D eigenvalue weighted by molar-refractivity contribution is 7.99. The van der Waals surface area contributed by atoms with Crippen molar-refractivity contribution in [1.29, 1.82) is 0 Å². The second-order valence-corrected chi connectivity index (χ2v) is 6.91. The molecule has 1 aromatic carbocycles. The summed E-state index contributed by atoms with van der Waals surface area (Å²) in [4.78, 5) is 3.60. The number of benzene rings is 1. The minimum atomic E-state index is 0.334. The van der Waals surface area contributed by atoms with E-state index < -0.39 is 0 Å². The lowest BCUT2D eigenvalue weighted by Crippen LogP contribution is -2.38. The Kier molecular flexibility index (Phi) is 6.76. The highest BCUT2D eigenvalue weighted by Crippen LogP contribution is 2.17. The van der Waals surface area contributed by atoms with Crippen molar-refractivity contribution in [1.82, 2.24) is 10.2 Å². The topological polar surface area (TPSA) is 15.3 Å². The first-order chi connectivity index (χ1) is 8.49. The van der Waals surface area contributed by atoms with Crippen LogP contribution in [0.2, 0.25) is 0 Å². The molecule has 0 saturated carbocycles. The van der Waals surface area contributed by atoms with Crippen LogP contribution in [0.25, 0.3) is 0 Å². The Hall–Kier alpha value is -0.510. The van der Waals surface area contributed by atoms with Crippen molar-refractivity contribution in [3.8, 4) is 0 Å². The fourth-order valence-electron chi connectivity index (χ4n) is 2.10. The zero-order valence-corrected chi connectivity index (χ0v) is 12.9. The van der Waals surface area contributed by atoms with Crippen LogP contribution in [0.1, 0.15) is 13.8 Å². The summed E-state index contributed by atoms with van der Waals surface area (Å²) in [6.07, 6.45) is 0. The molecule has 1 aromatic rings. The Bertz CT molecular complexity index is 323. The molecule has 0 unspecified atom stereocenters. The summed E-state index contributed by atoms with van der Waals surface area (Å²) in [5.41, 5.74) is 0.334. The summed E-state index contributed by atoms with van der Waals surface area (Å²) < 4.78 is 0. The van der Waals surface area contributed by atoms with Gasteiger partial charge in [0, 0.05) is 30.3 Å². The summed E-state index contributed by atoms with van der Waals surface area (Å²) >= 11 is 1.91. The summed E-state index contributed by atoms with van der Waals surface area (Å²) in [5.74, 6) is 1.13. The van der Waals surface area contributed by atoms with E-state index in [0.717, 1.165) is 25.4 Å². The van der Waals surface area contributed by atoms with Gasteiger partial charge in [-0.1, -0.05) is 32.0 Å². The Morgan fingerprint density at radius 2 is 1.83 bits per heavy atom. The normalized spacial score (nSPS) is 12.1. The molecule has 1 N–H and O–H groups in total. The molecule has 0 saturated heterocycles. The molecule has 1 rings (SSSR count). The van der Waals surface area contributed by atoms with Crippen LogP contribution >= 0.6 is 11.8 Å². The van der Waals surface area contributed by atoms with Crippen LogP contribution in [0.4, 0.5) is 0 Å². The van der Waals surface area contributed by atoms with Gasteiger partial charge in [-0.3, -0.25) is 0 Å². The van der Waals surface area contributed by atoms with Crippen molar-refractivity contribution in [3.63, 3.8) is 0 Å². The molecule has 0 aliphatic carbocycles. The summed E-state index contributed by atoms with van der Waals surface area (Å²) in [6.45, 7) is 7.87. The van der Waals surface area contributed by atoms with Crippen LogP contribution in [-0.4, -0.2) is 44.4 Å². The Labute approximate surface area is 116 Å². The molecule has 0 heterocycles. The van der Waals surface area contributed by atoms with E-state index in [2.05, 4.69) is 68.5 Å². The maximum Gasteiger partial charge on any atom is 0.0106 e. The first-order valence-corrected chi connectivity index (χ1v) is 7.51. The van der Waals surface area contributed by atoms with E-state index >= 15 is 0 Å². The number of nitrogens with zero attached hydrogens (tertiary/aromatic N) is 1. The maximum atomic E-state index is 3.55. The number of hydrogen-bond donors (Lipinski definition) is 1. The van der Waals surface area contributed by atoms with E-state index in [1.807, 2.05) is 11.8 Å². The molecule has 18 heavy (non-hydrogen) atoms. The number of nitrogens with one attached hydrogen (secondary N) is 1. The van der Waals surface area contributed by atoms with Gasteiger partial charge in [0.2, 0.25) is 0 Å². The average molecular weight is 266 g/mol. The van der Waals surface area contributed by atoms with Crippen LogP contribution < -0.4 is 5.32 Å². The van der Waals surface area contributed by atoms with Gasteiger partial charge >= 0.3 is 0 Å². The van der Waals surface area contributed by atoms with Gasteiger partial charge in [0.1, 0.15) is 0 Å². The van der Waals surface area contributed by atoms with Gasteiger partial charge in [0.15, 0.2) is 0 Å². The van der Waals surface area contributed by atoms with E-state index in [1.165, 1.54) is 4.90 Å². The predicted octanol–water partition coefficient (Wildman–Crippen LogP) is 2.96. The van der Waals surface area contributed by atoms with E-state index in [-0.39, 0.29) is 0 Å². The molecule has 0 atom stereocenters. The van der Waals surface area contributed by atoms with E-state index in [1.54, 1.807) is 0 Å². The van der Waals surface area contributed by atoms with Gasteiger partial charge in [-0.25, -0.2) is 0 Å². The van der Waals surface area contributed by atoms with Crippen LogP contribution in [0.5, 0.6) is 0 Å². The monoisotopic (exact) mass is 266 g/mol. The van der Waals surface area contributed by atoms with Crippen LogP contribution in [-0.2, 0) is 0 Å². The van der Waals surface area contributed by atoms with Crippen LogP contribution in [0.15, 0.2) is 35.2 Å². The van der Waals surface area contributed by atoms with Gasteiger partial charge in [-0.2, -0.15) is 0 Å². The molecule has 0 fully saturated rings. The van der Waals surface area contributed by atoms with Gasteiger partial charge in [-0.15, -0.1) is 11.8 Å². The predicted molar refractivity (Wildman–Crippen MR) is 82.4 cm³/mol. The minimum absolute atomic E-state index is 0.334. The van der Waals surface area contributed by atoms with E-state index in [4.69, 9.17) is 0 Å². The average Bonchev–Trinajstić information content (AvgIpc) is 2.28. The van der Waals surface area contributed by atoms with Crippen molar-refractivity contribution in [2.24, 2.45) is 5.41 Å². The Morgan fingerprint density at radius 1 is 1.17 bits per heavy atom. The van der Waals surface area contributed by atoms with Crippen LogP contribution in [0, 0.1) is 5.41 Å². The molecule has 3 heteroatoms. The summed E-state index contributed by atoms with van der Waals surface area (Å²) in [7, 11) is 4.26. The molecule has 0 amide bonds. The van der Waals surface area contributed by atoms with Gasteiger partial charge < -0.3 is 10.2 Å². The van der Waals surface area contributed by atoms with Crippen LogP contribution in [0.3, 0.4) is 0 Å². The molecule has 0 aromatic heterocycles. The van der Waals surface area contributed by atoms with E-state index in [0.29, 0.717) is 5.41 Å². The zero-order valence-electron chi connectivity index (χ0n) is 12.1. The fraction of sp³-hybridized carbons (Fsp3) is 0.600. The van der Waals surface area contributed by atoms with Gasteiger partial charge in [0.25, 0.3) is 0 Å². The molecule has 0 aliphatic rings. The van der Waals surface area contributed by atoms with Crippen molar-refractivity contribution >= 4 is 11.8 Å². The smallest absolute Gasteiger partial charge is 0.0106 e. The molecular weight excluding hydrogens is 240 g/mol. The second kappa shape index (κ2) is 7.82. The Balaban J connectivity index is 2.12. The van der Waals surface area contributed by atoms with Crippen molar-refractivity contribution in [3.05, 3.63) is 30.3 Å². The van der Waals surface area contributed by atoms with Gasteiger partial charge in [-0.05, 0) is 31.6 Å². The van der Waals surface area contributed by atoms with E-state index in [9.17, 15) is 0 Å². The highest BCUT2D eigenvalue weighted by atomic mass is 32.2. The summed E-state index contributed by atoms with van der Waals surface area (Å²) in [6, 6.07) is 10.6. The number of hydrogen-bond acceptors (Lipinski definition) is 3. The van der Waals surface area contributed by atoms with Gasteiger partial charge in [0.05, 0.1) is 0 Å². The fourth-order valence-corrected chi connectivity index (χ4v) is 2.93. The minimum Gasteiger partial charge on any atom is -0.315 e. The van der Waals surface area contributed by atoms with Crippen molar-refractivity contribution < 1.29 is 0 Å². The Morgan fingerprint density at radius 3 is 2.44 bits per heavy atom. The third-order valence-electron chi connectivity index (χ3n) is 2.64. The lowest BCUT2D eigenvalue weighted by Gasteiger charge is -2.28. The molecule has 0 spiro atoms. The maximum absolute atomic E-state index is 3.55. The SMILES string of the molecule is CN(C)CC(C)(C)CNCCSc1ccccc1. The quantitative estimate of drug-likeness (QED) is 0.575. The van der Waals surface area contributed by atoms with Crippen molar-refractivity contribution in [2.75, 3.05) is 39.5 Å². The third kappa shape index (κ3) is 7.04. The van der Waals surface area contributed by atoms with Crippen molar-refractivity contribution in [2.45, 2.75) is 18.7 Å². The second-order valence-electron chi connectivity index (χ2n) is 5.74. The molecular formula is C15H26N2S. The molecule has 2 nitrogen and oxygen atoms in total. The first-order valence-electron chi connectivity index (χ1n) is 6.53. The standard InChI is InChI=1S/C15H26N2S/c1-15(2,13-17(3)4)12-16-10-11-18-14-8-6-5-7-9-14/h5-9,16H,10-13H2,1-4H3. The molecule has 0 bridgehead atoms. The number of thioether (sulfide) groups is 1. The molecule has 102 valence electrons. The third-order valence-corrected chi connectivity index (χ3v) is 3.65. The molecule has 0 aliphatic heterocycles. The lowest BCUT2D eigenvalue weighted by molar-refractivity contribution is 0.234. The zero-order chi connectivity index (χ0) is 13.4. The first kappa shape index (κ1) is 15.5.